The Morgan fingerprint density at radius 1 is 1.24 bits per heavy atom. The van der Waals surface area contributed by atoms with Crippen LogP contribution in [0.2, 0.25) is 0 Å². The van der Waals surface area contributed by atoms with Crippen LogP contribution in [0.15, 0.2) is 29.1 Å². The van der Waals surface area contributed by atoms with E-state index in [1.165, 1.54) is 23.5 Å². The summed E-state index contributed by atoms with van der Waals surface area (Å²) in [4.78, 5) is 27.8. The highest BCUT2D eigenvalue weighted by Gasteiger charge is 2.14. The van der Waals surface area contributed by atoms with Crippen LogP contribution in [0.1, 0.15) is 18.7 Å². The number of hydrogen-bond donors (Lipinski definition) is 1. The van der Waals surface area contributed by atoms with Gasteiger partial charge in [-0.25, -0.2) is 0 Å². The van der Waals surface area contributed by atoms with E-state index in [0.717, 1.165) is 29.2 Å². The number of non-ortho nitro benzene ring substituents is 1. The first-order chi connectivity index (χ1) is 10.0. The van der Waals surface area contributed by atoms with Crippen LogP contribution in [-0.4, -0.2) is 27.9 Å². The van der Waals surface area contributed by atoms with Gasteiger partial charge in [0.15, 0.2) is 0 Å². The second kappa shape index (κ2) is 6.64. The Balaban J connectivity index is 2.35. The lowest BCUT2D eigenvalue weighted by atomic mass is 10.1. The molecule has 0 unspecified atom stereocenters. The van der Waals surface area contributed by atoms with Gasteiger partial charge >= 0.3 is 4.87 Å². The van der Waals surface area contributed by atoms with Crippen LogP contribution < -0.4 is 4.87 Å². The summed E-state index contributed by atoms with van der Waals surface area (Å²) in [6.45, 7) is 6.66. The minimum atomic E-state index is -0.434. The van der Waals surface area contributed by atoms with E-state index >= 15 is 0 Å². The van der Waals surface area contributed by atoms with E-state index in [1.807, 2.05) is 0 Å². The van der Waals surface area contributed by atoms with Crippen molar-refractivity contribution in [1.82, 2.24) is 9.88 Å². The van der Waals surface area contributed by atoms with Crippen molar-refractivity contribution < 1.29 is 4.92 Å². The molecular formula is C14H17N3O3S. The molecule has 7 heteroatoms. The normalized spacial score (nSPS) is 11.0. The average molecular weight is 307 g/mol. The number of benzene rings is 1. The second-order valence-corrected chi connectivity index (χ2v) is 5.65. The van der Waals surface area contributed by atoms with Gasteiger partial charge < -0.3 is 4.98 Å². The maximum atomic E-state index is 11.7. The number of thiazole rings is 1. The largest absolute Gasteiger partial charge is 0.312 e. The predicted octanol–water partition coefficient (Wildman–Crippen LogP) is 2.85. The van der Waals surface area contributed by atoms with Crippen molar-refractivity contribution in [2.45, 2.75) is 20.4 Å². The first kappa shape index (κ1) is 15.4. The first-order valence-electron chi connectivity index (χ1n) is 6.74. The molecule has 0 atom stereocenters. The molecule has 0 saturated heterocycles. The summed E-state index contributed by atoms with van der Waals surface area (Å²) < 4.78 is 0. The summed E-state index contributed by atoms with van der Waals surface area (Å²) in [7, 11) is 0. The monoisotopic (exact) mass is 307 g/mol. The molecule has 0 spiro atoms. The van der Waals surface area contributed by atoms with Gasteiger partial charge in [0, 0.05) is 23.6 Å². The van der Waals surface area contributed by atoms with Crippen molar-refractivity contribution in [2.75, 3.05) is 13.1 Å². The van der Waals surface area contributed by atoms with Crippen molar-refractivity contribution in [3.63, 3.8) is 0 Å². The quantitative estimate of drug-likeness (QED) is 0.657. The van der Waals surface area contributed by atoms with Crippen LogP contribution >= 0.6 is 11.3 Å². The van der Waals surface area contributed by atoms with Crippen molar-refractivity contribution in [1.29, 1.82) is 0 Å². The summed E-state index contributed by atoms with van der Waals surface area (Å²) in [6, 6.07) is 6.24. The second-order valence-electron chi connectivity index (χ2n) is 4.58. The maximum Gasteiger partial charge on any atom is 0.305 e. The van der Waals surface area contributed by atoms with Crippen LogP contribution in [0.3, 0.4) is 0 Å². The number of aromatic nitrogens is 1. The average Bonchev–Trinajstić information content (AvgIpc) is 2.85. The maximum absolute atomic E-state index is 11.7. The molecule has 0 fully saturated rings. The molecule has 112 valence electrons. The predicted molar refractivity (Wildman–Crippen MR) is 83.7 cm³/mol. The zero-order valence-corrected chi connectivity index (χ0v) is 12.8. The number of aromatic amines is 1. The molecule has 1 N–H and O–H groups in total. The smallest absolute Gasteiger partial charge is 0.305 e. The number of rotatable bonds is 6. The first-order valence-corrected chi connectivity index (χ1v) is 7.56. The Morgan fingerprint density at radius 2 is 1.86 bits per heavy atom. The molecule has 6 nitrogen and oxygen atoms in total. The van der Waals surface area contributed by atoms with E-state index in [2.05, 4.69) is 23.7 Å². The molecule has 0 aliphatic heterocycles. The van der Waals surface area contributed by atoms with Crippen LogP contribution in [0.4, 0.5) is 5.69 Å². The SMILES string of the molecule is CCN(CC)Cc1sc(=O)[nH]c1-c1ccc([N+](=O)[O-])cc1. The van der Waals surface area contributed by atoms with E-state index in [4.69, 9.17) is 0 Å². The molecule has 0 radical (unpaired) electrons. The standard InChI is InChI=1S/C14H17N3O3S/c1-3-16(4-2)9-12-13(15-14(18)21-12)10-5-7-11(8-6-10)17(19)20/h5-8H,3-4,9H2,1-2H3,(H,15,18). The van der Waals surface area contributed by atoms with E-state index in [1.54, 1.807) is 12.1 Å². The fourth-order valence-electron chi connectivity index (χ4n) is 2.10. The Bertz CT molecular complexity index is 672. The fraction of sp³-hybridized carbons (Fsp3) is 0.357. The Morgan fingerprint density at radius 3 is 2.38 bits per heavy atom. The van der Waals surface area contributed by atoms with Gasteiger partial charge in [-0.05, 0) is 30.8 Å². The summed E-state index contributed by atoms with van der Waals surface area (Å²) in [5.41, 5.74) is 1.59. The van der Waals surface area contributed by atoms with Crippen LogP contribution in [-0.2, 0) is 6.54 Å². The molecule has 2 rings (SSSR count). The van der Waals surface area contributed by atoms with E-state index in [0.29, 0.717) is 6.54 Å². The lowest BCUT2D eigenvalue weighted by Gasteiger charge is -2.17. The molecule has 1 aromatic heterocycles. The summed E-state index contributed by atoms with van der Waals surface area (Å²) in [5, 5.41) is 10.7. The summed E-state index contributed by atoms with van der Waals surface area (Å²) in [5.74, 6) is 0. The molecule has 0 aliphatic carbocycles. The van der Waals surface area contributed by atoms with Crippen LogP contribution in [0.25, 0.3) is 11.3 Å². The molecule has 1 heterocycles. The Hall–Kier alpha value is -1.99. The van der Waals surface area contributed by atoms with Crippen molar-refractivity contribution in [2.24, 2.45) is 0 Å². The highest BCUT2D eigenvalue weighted by atomic mass is 32.1. The molecule has 2 aromatic rings. The highest BCUT2D eigenvalue weighted by molar-refractivity contribution is 7.09. The Labute approximate surface area is 126 Å². The van der Waals surface area contributed by atoms with Gasteiger partial charge in [-0.3, -0.25) is 19.8 Å². The molecule has 0 amide bonds. The molecular weight excluding hydrogens is 290 g/mol. The fourth-order valence-corrected chi connectivity index (χ4v) is 3.00. The molecule has 21 heavy (non-hydrogen) atoms. The van der Waals surface area contributed by atoms with Crippen molar-refractivity contribution in [3.05, 3.63) is 48.9 Å². The van der Waals surface area contributed by atoms with Gasteiger partial charge in [0.2, 0.25) is 0 Å². The minimum Gasteiger partial charge on any atom is -0.312 e. The third kappa shape index (κ3) is 3.56. The van der Waals surface area contributed by atoms with Crippen molar-refractivity contribution in [3.8, 4) is 11.3 Å². The topological polar surface area (TPSA) is 79.2 Å². The Kier molecular flexibility index (Phi) is 4.87. The minimum absolute atomic E-state index is 0.0432. The number of hydrogen-bond acceptors (Lipinski definition) is 5. The summed E-state index contributed by atoms with van der Waals surface area (Å²) in [6.07, 6.45) is 0. The number of nitrogens with one attached hydrogen (secondary N) is 1. The zero-order chi connectivity index (χ0) is 15.4. The number of H-pyrrole nitrogens is 1. The van der Waals surface area contributed by atoms with Gasteiger partial charge in [-0.2, -0.15) is 0 Å². The number of nitro benzene ring substituents is 1. The molecule has 0 bridgehead atoms. The third-order valence-electron chi connectivity index (χ3n) is 3.35. The molecule has 1 aromatic carbocycles. The van der Waals surface area contributed by atoms with Gasteiger partial charge in [0.1, 0.15) is 0 Å². The van der Waals surface area contributed by atoms with Crippen LogP contribution in [0.5, 0.6) is 0 Å². The van der Waals surface area contributed by atoms with Crippen LogP contribution in [0, 0.1) is 10.1 Å². The van der Waals surface area contributed by atoms with Gasteiger partial charge in [-0.15, -0.1) is 0 Å². The lowest BCUT2D eigenvalue weighted by Crippen LogP contribution is -2.21. The highest BCUT2D eigenvalue weighted by Crippen LogP contribution is 2.26. The van der Waals surface area contributed by atoms with Crippen molar-refractivity contribution >= 4 is 17.0 Å². The van der Waals surface area contributed by atoms with E-state index < -0.39 is 4.92 Å². The third-order valence-corrected chi connectivity index (χ3v) is 4.22. The van der Waals surface area contributed by atoms with E-state index in [9.17, 15) is 14.9 Å². The lowest BCUT2D eigenvalue weighted by molar-refractivity contribution is -0.384. The number of nitrogens with zero attached hydrogens (tertiary/aromatic N) is 2. The van der Waals surface area contributed by atoms with Gasteiger partial charge in [-0.1, -0.05) is 25.2 Å². The van der Waals surface area contributed by atoms with E-state index in [-0.39, 0.29) is 10.6 Å². The zero-order valence-electron chi connectivity index (χ0n) is 12.0. The summed E-state index contributed by atoms with van der Waals surface area (Å²) >= 11 is 1.19. The molecule has 0 saturated carbocycles. The molecule has 0 aliphatic rings. The van der Waals surface area contributed by atoms with Gasteiger partial charge in [0.25, 0.3) is 5.69 Å². The number of nitro groups is 1. The van der Waals surface area contributed by atoms with Gasteiger partial charge in [0.05, 0.1) is 10.6 Å².